The SMILES string of the molecule is CNC(c1ccc(CC(NC(=O)OC(C)(C)C)C(=O)O)cc1)C(C)(C)C. The third-order valence-electron chi connectivity index (χ3n) is 3.90. The molecule has 0 fully saturated rings. The van der Waals surface area contributed by atoms with Gasteiger partial charge in [0.1, 0.15) is 11.6 Å². The van der Waals surface area contributed by atoms with Crippen molar-refractivity contribution >= 4 is 12.1 Å². The van der Waals surface area contributed by atoms with Crippen LogP contribution in [0.3, 0.4) is 0 Å². The molecule has 0 heterocycles. The molecule has 0 radical (unpaired) electrons. The minimum atomic E-state index is -1.09. The van der Waals surface area contributed by atoms with Gasteiger partial charge in [-0.15, -0.1) is 0 Å². The van der Waals surface area contributed by atoms with E-state index in [1.807, 2.05) is 31.3 Å². The van der Waals surface area contributed by atoms with Crippen molar-refractivity contribution in [3.63, 3.8) is 0 Å². The van der Waals surface area contributed by atoms with Crippen LogP contribution in [0.15, 0.2) is 24.3 Å². The fourth-order valence-corrected chi connectivity index (χ4v) is 2.83. The number of rotatable bonds is 6. The molecule has 6 nitrogen and oxygen atoms in total. The number of nitrogens with one attached hydrogen (secondary N) is 2. The molecule has 0 aromatic heterocycles. The van der Waals surface area contributed by atoms with E-state index in [2.05, 4.69) is 31.4 Å². The molecule has 146 valence electrons. The van der Waals surface area contributed by atoms with E-state index in [4.69, 9.17) is 4.74 Å². The van der Waals surface area contributed by atoms with Gasteiger partial charge in [-0.05, 0) is 44.4 Å². The third-order valence-corrected chi connectivity index (χ3v) is 3.90. The van der Waals surface area contributed by atoms with Crippen molar-refractivity contribution in [2.75, 3.05) is 7.05 Å². The summed E-state index contributed by atoms with van der Waals surface area (Å²) in [6.07, 6.45) is -0.543. The highest BCUT2D eigenvalue weighted by atomic mass is 16.6. The molecule has 0 bridgehead atoms. The second kappa shape index (κ2) is 8.54. The van der Waals surface area contributed by atoms with E-state index in [9.17, 15) is 14.7 Å². The number of carboxylic acid groups (broad SMARTS) is 1. The monoisotopic (exact) mass is 364 g/mol. The van der Waals surface area contributed by atoms with Crippen LogP contribution < -0.4 is 10.6 Å². The van der Waals surface area contributed by atoms with E-state index in [1.165, 1.54) is 0 Å². The Labute approximate surface area is 156 Å². The molecular formula is C20H32N2O4. The molecule has 0 aliphatic heterocycles. The molecule has 0 spiro atoms. The van der Waals surface area contributed by atoms with Gasteiger partial charge in [0.25, 0.3) is 0 Å². The van der Waals surface area contributed by atoms with Crippen LogP contribution in [0, 0.1) is 5.41 Å². The first-order valence-corrected chi connectivity index (χ1v) is 8.82. The molecule has 1 aromatic rings. The average Bonchev–Trinajstić information content (AvgIpc) is 2.45. The van der Waals surface area contributed by atoms with Crippen molar-refractivity contribution < 1.29 is 19.4 Å². The first-order valence-electron chi connectivity index (χ1n) is 8.82. The summed E-state index contributed by atoms with van der Waals surface area (Å²) in [5, 5.41) is 15.1. The van der Waals surface area contributed by atoms with Gasteiger partial charge in [0, 0.05) is 12.5 Å². The van der Waals surface area contributed by atoms with Crippen molar-refractivity contribution in [1.82, 2.24) is 10.6 Å². The van der Waals surface area contributed by atoms with Gasteiger partial charge in [-0.1, -0.05) is 45.0 Å². The number of benzene rings is 1. The number of aliphatic carboxylic acids is 1. The molecule has 3 N–H and O–H groups in total. The maximum atomic E-state index is 11.9. The molecule has 1 rings (SSSR count). The molecule has 1 amide bonds. The number of hydrogen-bond donors (Lipinski definition) is 3. The van der Waals surface area contributed by atoms with Crippen LogP contribution >= 0.6 is 0 Å². The number of carbonyl (C=O) groups is 2. The molecular weight excluding hydrogens is 332 g/mol. The lowest BCUT2D eigenvalue weighted by atomic mass is 9.82. The van der Waals surface area contributed by atoms with Crippen molar-refractivity contribution in [1.29, 1.82) is 0 Å². The fourth-order valence-electron chi connectivity index (χ4n) is 2.83. The van der Waals surface area contributed by atoms with Crippen LogP contribution in [0.2, 0.25) is 0 Å². The highest BCUT2D eigenvalue weighted by Gasteiger charge is 2.26. The molecule has 0 aliphatic carbocycles. The minimum Gasteiger partial charge on any atom is -0.480 e. The smallest absolute Gasteiger partial charge is 0.408 e. The van der Waals surface area contributed by atoms with Gasteiger partial charge in [0.2, 0.25) is 0 Å². The summed E-state index contributed by atoms with van der Waals surface area (Å²) in [7, 11) is 1.93. The van der Waals surface area contributed by atoms with Crippen LogP contribution in [0.1, 0.15) is 58.7 Å². The lowest BCUT2D eigenvalue weighted by molar-refractivity contribution is -0.139. The second-order valence-corrected chi connectivity index (χ2v) is 8.57. The van der Waals surface area contributed by atoms with E-state index in [0.29, 0.717) is 0 Å². The largest absolute Gasteiger partial charge is 0.480 e. The Morgan fingerprint density at radius 3 is 2.00 bits per heavy atom. The molecule has 0 saturated carbocycles. The van der Waals surface area contributed by atoms with Crippen LogP contribution in [0.5, 0.6) is 0 Å². The lowest BCUT2D eigenvalue weighted by Gasteiger charge is -2.31. The zero-order valence-corrected chi connectivity index (χ0v) is 16.8. The van der Waals surface area contributed by atoms with E-state index >= 15 is 0 Å². The molecule has 6 heteroatoms. The third kappa shape index (κ3) is 7.04. The second-order valence-electron chi connectivity index (χ2n) is 8.57. The summed E-state index contributed by atoms with van der Waals surface area (Å²) in [5.41, 5.74) is 1.35. The number of amides is 1. The predicted molar refractivity (Wildman–Crippen MR) is 102 cm³/mol. The van der Waals surface area contributed by atoms with E-state index in [-0.39, 0.29) is 17.9 Å². The van der Waals surface area contributed by atoms with Crippen molar-refractivity contribution in [3.05, 3.63) is 35.4 Å². The van der Waals surface area contributed by atoms with Crippen LogP contribution in [-0.4, -0.2) is 35.9 Å². The Morgan fingerprint density at radius 2 is 1.62 bits per heavy atom. The number of hydrogen-bond acceptors (Lipinski definition) is 4. The maximum Gasteiger partial charge on any atom is 0.408 e. The van der Waals surface area contributed by atoms with Crippen LogP contribution in [0.25, 0.3) is 0 Å². The van der Waals surface area contributed by atoms with Crippen LogP contribution in [0.4, 0.5) is 4.79 Å². The number of alkyl carbamates (subject to hydrolysis) is 1. The Hall–Kier alpha value is -2.08. The van der Waals surface area contributed by atoms with E-state index in [0.717, 1.165) is 11.1 Å². The highest BCUT2D eigenvalue weighted by Crippen LogP contribution is 2.32. The van der Waals surface area contributed by atoms with E-state index in [1.54, 1.807) is 20.8 Å². The lowest BCUT2D eigenvalue weighted by Crippen LogP contribution is -2.44. The zero-order chi connectivity index (χ0) is 20.1. The number of carboxylic acids is 1. The first kappa shape index (κ1) is 22.0. The Bertz CT molecular complexity index is 612. The maximum absolute atomic E-state index is 11.9. The number of carbonyl (C=O) groups excluding carboxylic acids is 1. The van der Waals surface area contributed by atoms with Gasteiger partial charge in [0.15, 0.2) is 0 Å². The summed E-state index contributed by atoms with van der Waals surface area (Å²) in [6, 6.07) is 6.93. The molecule has 26 heavy (non-hydrogen) atoms. The standard InChI is InChI=1S/C20H32N2O4/c1-19(2,3)16(21-7)14-10-8-13(9-11-14)12-15(17(23)24)22-18(25)26-20(4,5)6/h8-11,15-16,21H,12H2,1-7H3,(H,22,25)(H,23,24). The Kier molecular flexibility index (Phi) is 7.21. The van der Waals surface area contributed by atoms with Crippen molar-refractivity contribution in [3.8, 4) is 0 Å². The molecule has 1 aromatic carbocycles. The van der Waals surface area contributed by atoms with Gasteiger partial charge >= 0.3 is 12.1 Å². The first-order chi connectivity index (χ1) is 11.8. The molecule has 0 saturated heterocycles. The van der Waals surface area contributed by atoms with Gasteiger partial charge in [-0.25, -0.2) is 9.59 Å². The predicted octanol–water partition coefficient (Wildman–Crippen LogP) is 3.51. The fraction of sp³-hybridized carbons (Fsp3) is 0.600. The topological polar surface area (TPSA) is 87.7 Å². The summed E-state index contributed by atoms with van der Waals surface area (Å²) < 4.78 is 5.14. The normalized spacial score (nSPS) is 14.4. The Morgan fingerprint density at radius 1 is 1.08 bits per heavy atom. The minimum absolute atomic E-state index is 0.0537. The van der Waals surface area contributed by atoms with Crippen LogP contribution in [-0.2, 0) is 16.0 Å². The summed E-state index contributed by atoms with van der Waals surface area (Å²) in [5.74, 6) is -1.09. The van der Waals surface area contributed by atoms with Gasteiger partial charge in [0.05, 0.1) is 0 Å². The van der Waals surface area contributed by atoms with Gasteiger partial charge in [-0.2, -0.15) is 0 Å². The average molecular weight is 364 g/mol. The van der Waals surface area contributed by atoms with Crippen molar-refractivity contribution in [2.45, 2.75) is 65.6 Å². The molecule has 0 aliphatic rings. The zero-order valence-electron chi connectivity index (χ0n) is 16.8. The summed E-state index contributed by atoms with van der Waals surface area (Å²) >= 11 is 0. The van der Waals surface area contributed by atoms with E-state index < -0.39 is 23.7 Å². The number of ether oxygens (including phenoxy) is 1. The summed E-state index contributed by atoms with van der Waals surface area (Å²) in [6.45, 7) is 11.7. The highest BCUT2D eigenvalue weighted by molar-refractivity contribution is 5.80. The molecule has 2 atom stereocenters. The van der Waals surface area contributed by atoms with Gasteiger partial charge < -0.3 is 20.5 Å². The summed E-state index contributed by atoms with van der Waals surface area (Å²) in [4.78, 5) is 23.3. The van der Waals surface area contributed by atoms with Crippen molar-refractivity contribution in [2.24, 2.45) is 5.41 Å². The quantitative estimate of drug-likeness (QED) is 0.719. The molecule has 2 unspecified atom stereocenters. The Balaban J connectivity index is 2.84. The van der Waals surface area contributed by atoms with Gasteiger partial charge in [-0.3, -0.25) is 0 Å².